The number of nitrogens with zero attached hydrogens (tertiary/aromatic N) is 2. The van der Waals surface area contributed by atoms with Crippen LogP contribution in [0.2, 0.25) is 0 Å². The van der Waals surface area contributed by atoms with Crippen molar-refractivity contribution in [2.24, 2.45) is 0 Å². The van der Waals surface area contributed by atoms with Gasteiger partial charge in [0, 0.05) is 24.0 Å². The van der Waals surface area contributed by atoms with E-state index in [1.165, 1.54) is 4.90 Å². The van der Waals surface area contributed by atoms with Crippen LogP contribution in [0.25, 0.3) is 0 Å². The summed E-state index contributed by atoms with van der Waals surface area (Å²) in [5, 5.41) is 2.93. The van der Waals surface area contributed by atoms with E-state index in [-0.39, 0.29) is 18.9 Å². The van der Waals surface area contributed by atoms with Gasteiger partial charge < -0.3 is 15.0 Å². The van der Waals surface area contributed by atoms with Gasteiger partial charge in [-0.05, 0) is 60.4 Å². The van der Waals surface area contributed by atoms with Crippen molar-refractivity contribution in [3.8, 4) is 5.75 Å². The van der Waals surface area contributed by atoms with Crippen molar-refractivity contribution in [3.63, 3.8) is 0 Å². The number of aryl methyl sites for hydroxylation is 1. The highest BCUT2D eigenvalue weighted by Crippen LogP contribution is 2.26. The van der Waals surface area contributed by atoms with Gasteiger partial charge in [0.2, 0.25) is 21.8 Å². The molecule has 1 atom stereocenters. The number of benzene rings is 3. The number of anilines is 1. The Kier molecular flexibility index (Phi) is 11.2. The predicted molar refractivity (Wildman–Crippen MR) is 162 cm³/mol. The number of methoxy groups -OCH3 is 1. The lowest BCUT2D eigenvalue weighted by molar-refractivity contribution is -0.140. The second-order valence-electron chi connectivity index (χ2n) is 9.57. The van der Waals surface area contributed by atoms with Crippen LogP contribution in [0.4, 0.5) is 5.69 Å². The summed E-state index contributed by atoms with van der Waals surface area (Å²) in [6.45, 7) is 3.88. The Morgan fingerprint density at radius 2 is 1.70 bits per heavy atom. The molecule has 0 aliphatic heterocycles. The zero-order valence-electron chi connectivity index (χ0n) is 23.3. The normalized spacial score (nSPS) is 11.9. The maximum absolute atomic E-state index is 14.1. The summed E-state index contributed by atoms with van der Waals surface area (Å²) < 4.78 is 33.1. The van der Waals surface area contributed by atoms with E-state index in [0.717, 1.165) is 38.1 Å². The van der Waals surface area contributed by atoms with Crippen LogP contribution < -0.4 is 14.4 Å². The molecule has 0 aliphatic carbocycles. The molecule has 8 nitrogen and oxygen atoms in total. The van der Waals surface area contributed by atoms with Crippen LogP contribution in [0.1, 0.15) is 30.0 Å². The molecular weight excluding hydrogens is 594 g/mol. The predicted octanol–water partition coefficient (Wildman–Crippen LogP) is 4.70. The Balaban J connectivity index is 2.06. The van der Waals surface area contributed by atoms with E-state index in [0.29, 0.717) is 18.0 Å². The maximum Gasteiger partial charge on any atom is 0.244 e. The van der Waals surface area contributed by atoms with Crippen molar-refractivity contribution < 1.29 is 22.7 Å². The van der Waals surface area contributed by atoms with E-state index in [1.807, 2.05) is 56.3 Å². The fourth-order valence-electron chi connectivity index (χ4n) is 4.29. The standard InChI is InChI=1S/C30H36BrN3O5S/c1-5-16-32-30(36)28(19-23-10-7-6-8-11-23)33(20-24-12-9-13-26(18-24)39-3)29(35)21-34(40(4,37)38)25-14-15-27(31)22(2)17-25/h6-15,17-18,28H,5,16,19-21H2,1-4H3,(H,32,36)/t28-/m0/s1. The van der Waals surface area contributed by atoms with Crippen LogP contribution in [0, 0.1) is 6.92 Å². The minimum Gasteiger partial charge on any atom is -0.497 e. The van der Waals surface area contributed by atoms with Gasteiger partial charge in [-0.3, -0.25) is 13.9 Å². The number of rotatable bonds is 13. The maximum atomic E-state index is 14.1. The lowest BCUT2D eigenvalue weighted by Gasteiger charge is -2.33. The minimum atomic E-state index is -3.83. The van der Waals surface area contributed by atoms with Crippen LogP contribution in [-0.4, -0.2) is 57.6 Å². The largest absolute Gasteiger partial charge is 0.497 e. The smallest absolute Gasteiger partial charge is 0.244 e. The Morgan fingerprint density at radius 1 is 1.00 bits per heavy atom. The van der Waals surface area contributed by atoms with Crippen molar-refractivity contribution in [1.82, 2.24) is 10.2 Å². The van der Waals surface area contributed by atoms with Gasteiger partial charge in [-0.2, -0.15) is 0 Å². The van der Waals surface area contributed by atoms with Crippen LogP contribution >= 0.6 is 15.9 Å². The first-order chi connectivity index (χ1) is 19.0. The van der Waals surface area contributed by atoms with Gasteiger partial charge >= 0.3 is 0 Å². The molecule has 0 aromatic heterocycles. The van der Waals surface area contributed by atoms with E-state index in [9.17, 15) is 18.0 Å². The first-order valence-corrected chi connectivity index (χ1v) is 15.7. The minimum absolute atomic E-state index is 0.0873. The Labute approximate surface area is 245 Å². The van der Waals surface area contributed by atoms with Gasteiger partial charge in [0.15, 0.2) is 0 Å². The van der Waals surface area contributed by atoms with Gasteiger partial charge in [-0.1, -0.05) is 65.3 Å². The number of amides is 2. The van der Waals surface area contributed by atoms with Crippen molar-refractivity contribution in [1.29, 1.82) is 0 Å². The summed E-state index contributed by atoms with van der Waals surface area (Å²) in [6.07, 6.45) is 2.07. The highest BCUT2D eigenvalue weighted by Gasteiger charge is 2.33. The zero-order chi connectivity index (χ0) is 29.3. The van der Waals surface area contributed by atoms with Gasteiger partial charge in [0.1, 0.15) is 18.3 Å². The van der Waals surface area contributed by atoms with Crippen LogP contribution in [0.15, 0.2) is 77.3 Å². The molecule has 3 aromatic rings. The molecular formula is C30H36BrN3O5S. The lowest BCUT2D eigenvalue weighted by Crippen LogP contribution is -2.53. The Morgan fingerprint density at radius 3 is 2.33 bits per heavy atom. The van der Waals surface area contributed by atoms with Crippen molar-refractivity contribution in [2.75, 3.05) is 30.8 Å². The summed E-state index contributed by atoms with van der Waals surface area (Å²) in [5.74, 6) is -0.184. The average molecular weight is 631 g/mol. The number of carbonyl (C=O) groups is 2. The number of hydrogen-bond donors (Lipinski definition) is 1. The molecule has 10 heteroatoms. The van der Waals surface area contributed by atoms with Gasteiger partial charge in [-0.15, -0.1) is 0 Å². The molecule has 0 aliphatic rings. The molecule has 0 saturated carbocycles. The van der Waals surface area contributed by atoms with Crippen LogP contribution in [0.5, 0.6) is 5.75 Å². The van der Waals surface area contributed by atoms with Gasteiger partial charge in [0.05, 0.1) is 19.1 Å². The summed E-state index contributed by atoms with van der Waals surface area (Å²) >= 11 is 3.44. The molecule has 0 bridgehead atoms. The molecule has 0 unspecified atom stereocenters. The third kappa shape index (κ3) is 8.56. The van der Waals surface area contributed by atoms with Gasteiger partial charge in [-0.25, -0.2) is 8.42 Å². The topological polar surface area (TPSA) is 96.0 Å². The summed E-state index contributed by atoms with van der Waals surface area (Å²) in [7, 11) is -2.27. The number of halogens is 1. The number of ether oxygens (including phenoxy) is 1. The lowest BCUT2D eigenvalue weighted by atomic mass is 10.0. The Hall–Kier alpha value is -3.37. The molecule has 1 N–H and O–H groups in total. The fourth-order valence-corrected chi connectivity index (χ4v) is 5.37. The second kappa shape index (κ2) is 14.3. The molecule has 0 heterocycles. The van der Waals surface area contributed by atoms with Crippen LogP contribution in [0.3, 0.4) is 0 Å². The molecule has 40 heavy (non-hydrogen) atoms. The monoisotopic (exact) mass is 629 g/mol. The summed E-state index contributed by atoms with van der Waals surface area (Å²) in [5.41, 5.74) is 2.83. The molecule has 3 aromatic carbocycles. The number of carbonyl (C=O) groups excluding carboxylic acids is 2. The third-order valence-electron chi connectivity index (χ3n) is 6.42. The summed E-state index contributed by atoms with van der Waals surface area (Å²) in [4.78, 5) is 29.1. The molecule has 0 radical (unpaired) electrons. The molecule has 0 saturated heterocycles. The SMILES string of the molecule is CCCNC(=O)[C@H](Cc1ccccc1)N(Cc1cccc(OC)c1)C(=O)CN(c1ccc(Br)c(C)c1)S(C)(=O)=O. The summed E-state index contributed by atoms with van der Waals surface area (Å²) in [6, 6.07) is 20.9. The highest BCUT2D eigenvalue weighted by molar-refractivity contribution is 9.10. The fraction of sp³-hybridized carbons (Fsp3) is 0.333. The molecule has 0 fully saturated rings. The molecule has 2 amide bonds. The van der Waals surface area contributed by atoms with E-state index < -0.39 is 28.5 Å². The van der Waals surface area contributed by atoms with Crippen LogP contribution in [-0.2, 0) is 32.6 Å². The number of nitrogens with one attached hydrogen (secondary N) is 1. The van der Waals surface area contributed by atoms with E-state index in [1.54, 1.807) is 37.4 Å². The van der Waals surface area contributed by atoms with Crippen molar-refractivity contribution in [3.05, 3.63) is 94.0 Å². The molecule has 0 spiro atoms. The molecule has 214 valence electrons. The number of hydrogen-bond acceptors (Lipinski definition) is 5. The van der Waals surface area contributed by atoms with E-state index in [2.05, 4.69) is 21.2 Å². The second-order valence-corrected chi connectivity index (χ2v) is 12.3. The van der Waals surface area contributed by atoms with Gasteiger partial charge in [0.25, 0.3) is 0 Å². The van der Waals surface area contributed by atoms with E-state index in [4.69, 9.17) is 4.74 Å². The Bertz CT molecular complexity index is 1420. The molecule has 3 rings (SSSR count). The first kappa shape index (κ1) is 31.2. The van der Waals surface area contributed by atoms with E-state index >= 15 is 0 Å². The quantitative estimate of drug-likeness (QED) is 0.296. The van der Waals surface area contributed by atoms with Crippen molar-refractivity contribution >= 4 is 43.5 Å². The highest BCUT2D eigenvalue weighted by atomic mass is 79.9. The third-order valence-corrected chi connectivity index (χ3v) is 8.45. The zero-order valence-corrected chi connectivity index (χ0v) is 25.7. The van der Waals surface area contributed by atoms with Crippen molar-refractivity contribution in [2.45, 2.75) is 39.3 Å². The number of sulfonamides is 1. The average Bonchev–Trinajstić information content (AvgIpc) is 2.93. The first-order valence-electron chi connectivity index (χ1n) is 13.0.